The highest BCUT2D eigenvalue weighted by atomic mass is 35.5. The van der Waals surface area contributed by atoms with E-state index in [9.17, 15) is 9.59 Å². The van der Waals surface area contributed by atoms with E-state index < -0.39 is 0 Å². The lowest BCUT2D eigenvalue weighted by atomic mass is 10.0. The Kier molecular flexibility index (Phi) is 6.80. The molecule has 0 radical (unpaired) electrons. The molecule has 5 heterocycles. The highest BCUT2D eigenvalue weighted by Gasteiger charge is 2.30. The standard InChI is InChI=1S/C25H20Cl2N6O3S/c1-12-4-16(22(27)30-7-12)24(35)33-10-18-20(11-33)37-25(31-18)32-23(34)17-8-28-13(2)5-14(17)15-6-21(26)29-9-19(15)36-3/h4-9H,10-11H2,1-3H3,(H,31,32,34). The summed E-state index contributed by atoms with van der Waals surface area (Å²) in [6, 6.07) is 5.16. The van der Waals surface area contributed by atoms with Crippen LogP contribution in [0.2, 0.25) is 10.3 Å². The Balaban J connectivity index is 1.36. The number of hydrogen-bond acceptors (Lipinski definition) is 8. The van der Waals surface area contributed by atoms with E-state index in [1.54, 1.807) is 29.3 Å². The highest BCUT2D eigenvalue weighted by molar-refractivity contribution is 7.16. The van der Waals surface area contributed by atoms with E-state index in [-0.39, 0.29) is 22.1 Å². The van der Waals surface area contributed by atoms with Gasteiger partial charge >= 0.3 is 0 Å². The van der Waals surface area contributed by atoms with Gasteiger partial charge in [-0.25, -0.2) is 15.0 Å². The molecular weight excluding hydrogens is 535 g/mol. The van der Waals surface area contributed by atoms with Crippen LogP contribution in [0.25, 0.3) is 11.1 Å². The Morgan fingerprint density at radius 2 is 1.81 bits per heavy atom. The molecule has 1 aliphatic heterocycles. The SMILES string of the molecule is COc1cnc(Cl)cc1-c1cc(C)ncc1C(=O)Nc1nc2c(s1)CN(C(=O)c1cc(C)cnc1Cl)C2. The third-order valence-electron chi connectivity index (χ3n) is 5.80. The minimum Gasteiger partial charge on any atom is -0.494 e. The summed E-state index contributed by atoms with van der Waals surface area (Å²) in [5.41, 5.74) is 4.23. The molecule has 188 valence electrons. The summed E-state index contributed by atoms with van der Waals surface area (Å²) in [6.45, 7) is 4.37. The van der Waals surface area contributed by atoms with Gasteiger partial charge in [-0.1, -0.05) is 34.5 Å². The highest BCUT2D eigenvalue weighted by Crippen LogP contribution is 2.36. The van der Waals surface area contributed by atoms with Gasteiger partial charge in [0.25, 0.3) is 11.8 Å². The summed E-state index contributed by atoms with van der Waals surface area (Å²) < 4.78 is 5.44. The van der Waals surface area contributed by atoms with Crippen molar-refractivity contribution in [1.82, 2.24) is 24.8 Å². The minimum absolute atomic E-state index is 0.168. The van der Waals surface area contributed by atoms with Crippen LogP contribution >= 0.6 is 34.5 Å². The van der Waals surface area contributed by atoms with Crippen LogP contribution in [0.4, 0.5) is 5.13 Å². The molecule has 0 aromatic carbocycles. The number of halogens is 2. The summed E-state index contributed by atoms with van der Waals surface area (Å²) in [5, 5.41) is 3.74. The first-order valence-corrected chi connectivity index (χ1v) is 12.7. The van der Waals surface area contributed by atoms with Gasteiger partial charge in [-0.05, 0) is 37.6 Å². The van der Waals surface area contributed by atoms with E-state index in [1.165, 1.54) is 30.8 Å². The number of carbonyl (C=O) groups is 2. The number of nitrogens with one attached hydrogen (secondary N) is 1. The van der Waals surface area contributed by atoms with Crippen LogP contribution < -0.4 is 10.1 Å². The Morgan fingerprint density at radius 3 is 2.57 bits per heavy atom. The van der Waals surface area contributed by atoms with Gasteiger partial charge in [0.1, 0.15) is 16.1 Å². The van der Waals surface area contributed by atoms with Crippen LogP contribution in [-0.4, -0.2) is 43.8 Å². The van der Waals surface area contributed by atoms with Gasteiger partial charge in [-0.3, -0.25) is 19.9 Å². The fraction of sp³-hybridized carbons (Fsp3) is 0.200. The third-order valence-corrected chi connectivity index (χ3v) is 7.30. The summed E-state index contributed by atoms with van der Waals surface area (Å²) in [7, 11) is 1.52. The predicted molar refractivity (Wildman–Crippen MR) is 141 cm³/mol. The molecule has 1 N–H and O–H groups in total. The summed E-state index contributed by atoms with van der Waals surface area (Å²) in [4.78, 5) is 45.8. The number of thiazole rings is 1. The lowest BCUT2D eigenvalue weighted by molar-refractivity contribution is 0.0750. The second kappa shape index (κ2) is 10.0. The number of pyridine rings is 3. The maximum Gasteiger partial charge on any atom is 0.259 e. The molecule has 0 aliphatic carbocycles. The molecule has 9 nitrogen and oxygen atoms in total. The monoisotopic (exact) mass is 554 g/mol. The first kappa shape index (κ1) is 25.1. The van der Waals surface area contributed by atoms with Gasteiger partial charge in [0.15, 0.2) is 5.13 Å². The zero-order chi connectivity index (χ0) is 26.3. The lowest BCUT2D eigenvalue weighted by Gasteiger charge is -2.16. The molecule has 1 aliphatic rings. The number of nitrogens with zero attached hydrogens (tertiary/aromatic N) is 5. The first-order valence-electron chi connectivity index (χ1n) is 11.1. The Hall–Kier alpha value is -3.60. The lowest BCUT2D eigenvalue weighted by Crippen LogP contribution is -2.26. The molecular formula is C25H20Cl2N6O3S. The average Bonchev–Trinajstić information content (AvgIpc) is 3.43. The maximum absolute atomic E-state index is 13.3. The molecule has 4 aromatic heterocycles. The molecule has 0 saturated heterocycles. The molecule has 2 amide bonds. The van der Waals surface area contributed by atoms with Crippen molar-refractivity contribution in [2.45, 2.75) is 26.9 Å². The van der Waals surface area contributed by atoms with Gasteiger partial charge < -0.3 is 9.64 Å². The van der Waals surface area contributed by atoms with Gasteiger partial charge in [-0.15, -0.1) is 0 Å². The molecule has 0 atom stereocenters. The fourth-order valence-electron chi connectivity index (χ4n) is 4.03. The van der Waals surface area contributed by atoms with E-state index in [4.69, 9.17) is 27.9 Å². The molecule has 5 rings (SSSR count). The normalized spacial score (nSPS) is 12.4. The van der Waals surface area contributed by atoms with Crippen LogP contribution in [0, 0.1) is 13.8 Å². The summed E-state index contributed by atoms with van der Waals surface area (Å²) >= 11 is 13.6. The predicted octanol–water partition coefficient (Wildman–Crippen LogP) is 5.34. The number of aromatic nitrogens is 4. The summed E-state index contributed by atoms with van der Waals surface area (Å²) in [6.07, 6.45) is 4.63. The van der Waals surface area contributed by atoms with Crippen LogP contribution in [0.1, 0.15) is 42.5 Å². The quantitative estimate of drug-likeness (QED) is 0.331. The fourth-order valence-corrected chi connectivity index (χ4v) is 5.35. The first-order chi connectivity index (χ1) is 17.7. The minimum atomic E-state index is -0.379. The topological polar surface area (TPSA) is 110 Å². The molecule has 37 heavy (non-hydrogen) atoms. The van der Waals surface area contributed by atoms with Crippen LogP contribution in [0.5, 0.6) is 5.75 Å². The van der Waals surface area contributed by atoms with E-state index in [0.29, 0.717) is 46.2 Å². The number of amides is 2. The van der Waals surface area contributed by atoms with Crippen molar-refractivity contribution in [3.8, 4) is 16.9 Å². The van der Waals surface area contributed by atoms with Crippen molar-refractivity contribution >= 4 is 51.5 Å². The number of aryl methyl sites for hydroxylation is 2. The molecule has 0 fully saturated rings. The Morgan fingerprint density at radius 1 is 1.00 bits per heavy atom. The van der Waals surface area contributed by atoms with Crippen molar-refractivity contribution in [3.63, 3.8) is 0 Å². The molecule has 12 heteroatoms. The zero-order valence-corrected chi connectivity index (χ0v) is 22.3. The molecule has 4 aromatic rings. The van der Waals surface area contributed by atoms with E-state index in [2.05, 4.69) is 25.3 Å². The maximum atomic E-state index is 13.3. The third kappa shape index (κ3) is 5.00. The molecule has 0 unspecified atom stereocenters. The van der Waals surface area contributed by atoms with E-state index in [0.717, 1.165) is 21.8 Å². The number of methoxy groups -OCH3 is 1. The van der Waals surface area contributed by atoms with Gasteiger partial charge in [0, 0.05) is 29.2 Å². The second-order valence-corrected chi connectivity index (χ2v) is 10.3. The molecule has 0 saturated carbocycles. The van der Waals surface area contributed by atoms with Gasteiger partial charge in [0.05, 0.1) is 48.1 Å². The van der Waals surface area contributed by atoms with Crippen molar-refractivity contribution in [2.24, 2.45) is 0 Å². The van der Waals surface area contributed by atoms with E-state index >= 15 is 0 Å². The number of fused-ring (bicyclic) bond motifs is 1. The smallest absolute Gasteiger partial charge is 0.259 e. The van der Waals surface area contributed by atoms with Crippen molar-refractivity contribution < 1.29 is 14.3 Å². The van der Waals surface area contributed by atoms with Gasteiger partial charge in [0.2, 0.25) is 0 Å². The summed E-state index contributed by atoms with van der Waals surface area (Å²) in [5.74, 6) is -0.112. The molecule has 0 spiro atoms. The number of rotatable bonds is 5. The largest absolute Gasteiger partial charge is 0.494 e. The number of carbonyl (C=O) groups excluding carboxylic acids is 2. The Labute approximate surface area is 226 Å². The zero-order valence-electron chi connectivity index (χ0n) is 20.0. The van der Waals surface area contributed by atoms with E-state index in [1.807, 2.05) is 13.8 Å². The van der Waals surface area contributed by atoms with Crippen LogP contribution in [0.15, 0.2) is 36.8 Å². The molecule has 0 bridgehead atoms. The van der Waals surface area contributed by atoms with Crippen LogP contribution in [0.3, 0.4) is 0 Å². The number of hydrogen-bond donors (Lipinski definition) is 1. The van der Waals surface area contributed by atoms with Crippen molar-refractivity contribution in [2.75, 3.05) is 12.4 Å². The van der Waals surface area contributed by atoms with Crippen molar-refractivity contribution in [3.05, 3.63) is 80.1 Å². The average molecular weight is 555 g/mol. The van der Waals surface area contributed by atoms with Crippen LogP contribution in [-0.2, 0) is 13.1 Å². The van der Waals surface area contributed by atoms with Crippen molar-refractivity contribution in [1.29, 1.82) is 0 Å². The second-order valence-electron chi connectivity index (χ2n) is 8.43. The van der Waals surface area contributed by atoms with Gasteiger partial charge in [-0.2, -0.15) is 0 Å². The number of anilines is 1. The number of ether oxygens (including phenoxy) is 1. The Bertz CT molecular complexity index is 1530.